The first-order valence-electron chi connectivity index (χ1n) is 4.55. The molecule has 0 amide bonds. The monoisotopic (exact) mass is 211 g/mol. The van der Waals surface area contributed by atoms with E-state index in [0.29, 0.717) is 0 Å². The van der Waals surface area contributed by atoms with Crippen LogP contribution in [0.4, 0.5) is 5.69 Å². The Bertz CT molecular complexity index is 362. The van der Waals surface area contributed by atoms with Crippen LogP contribution in [-0.4, -0.2) is 5.71 Å². The van der Waals surface area contributed by atoms with Gasteiger partial charge in [0.05, 0.1) is 5.69 Å². The second-order valence-electron chi connectivity index (χ2n) is 3.34. The molecule has 74 valence electrons. The maximum atomic E-state index is 10.8. The van der Waals surface area contributed by atoms with Crippen LogP contribution in [0.1, 0.15) is 19.4 Å². The smallest absolute Gasteiger partial charge is 0.876 e. The van der Waals surface area contributed by atoms with Crippen LogP contribution in [0.2, 0.25) is 0 Å². The molecule has 0 spiro atoms. The first kappa shape index (κ1) is 14.4. The molecule has 1 rings (SSSR count). The SMILES string of the molecule is CC(/C=C(/C)[O-])=Nc1ccc(C)cc1.[Na+]. The number of benzene rings is 1. The van der Waals surface area contributed by atoms with Crippen molar-refractivity contribution in [3.63, 3.8) is 0 Å². The summed E-state index contributed by atoms with van der Waals surface area (Å²) in [6.07, 6.45) is 1.53. The molecule has 0 N–H and O–H groups in total. The fourth-order valence-corrected chi connectivity index (χ4v) is 1.15. The maximum absolute atomic E-state index is 10.8. The van der Waals surface area contributed by atoms with E-state index in [2.05, 4.69) is 4.99 Å². The fraction of sp³-hybridized carbons (Fsp3) is 0.250. The predicted octanol–water partition coefficient (Wildman–Crippen LogP) is -0.644. The third kappa shape index (κ3) is 5.78. The van der Waals surface area contributed by atoms with E-state index in [1.54, 1.807) is 0 Å². The molecule has 0 heterocycles. The predicted molar refractivity (Wildman–Crippen MR) is 57.7 cm³/mol. The van der Waals surface area contributed by atoms with Crippen molar-refractivity contribution in [1.29, 1.82) is 0 Å². The number of aliphatic imine (C=N–C) groups is 1. The molecule has 0 radical (unpaired) electrons. The Kier molecular flexibility index (Phi) is 6.57. The Morgan fingerprint density at radius 2 is 1.73 bits per heavy atom. The van der Waals surface area contributed by atoms with Gasteiger partial charge in [-0.15, -0.1) is 5.76 Å². The van der Waals surface area contributed by atoms with Gasteiger partial charge in [-0.3, -0.25) is 4.99 Å². The molecular formula is C12H14NNaO. The molecule has 0 fully saturated rings. The third-order valence-electron chi connectivity index (χ3n) is 1.75. The molecule has 0 saturated carbocycles. The van der Waals surface area contributed by atoms with E-state index < -0.39 is 0 Å². The van der Waals surface area contributed by atoms with E-state index in [1.165, 1.54) is 18.6 Å². The second kappa shape index (κ2) is 6.83. The molecule has 2 nitrogen and oxygen atoms in total. The minimum atomic E-state index is 0. The summed E-state index contributed by atoms with van der Waals surface area (Å²) in [6, 6.07) is 7.87. The van der Waals surface area contributed by atoms with Gasteiger partial charge >= 0.3 is 29.6 Å². The molecule has 0 aromatic heterocycles. The number of aryl methyl sites for hydroxylation is 1. The summed E-state index contributed by atoms with van der Waals surface area (Å²) in [4.78, 5) is 4.28. The standard InChI is InChI=1S/C12H15NO.Na/c1-9-4-6-12(7-5-9)13-10(2)8-11(3)14;/h4-8,14H,1-3H3;/q;+1/p-1/b11-8-,13-10?;. The van der Waals surface area contributed by atoms with Gasteiger partial charge in [0.1, 0.15) is 0 Å². The topological polar surface area (TPSA) is 35.4 Å². The normalized spacial score (nSPS) is 12.2. The molecule has 3 heteroatoms. The van der Waals surface area contributed by atoms with Gasteiger partial charge < -0.3 is 5.11 Å². The number of rotatable bonds is 2. The Morgan fingerprint density at radius 1 is 1.20 bits per heavy atom. The van der Waals surface area contributed by atoms with Crippen LogP contribution < -0.4 is 34.7 Å². The molecule has 0 unspecified atom stereocenters. The van der Waals surface area contributed by atoms with Crippen molar-refractivity contribution < 1.29 is 34.7 Å². The summed E-state index contributed by atoms with van der Waals surface area (Å²) in [5, 5.41) is 10.8. The Balaban J connectivity index is 0.00000196. The van der Waals surface area contributed by atoms with Crippen molar-refractivity contribution in [2.75, 3.05) is 0 Å². The number of allylic oxidation sites excluding steroid dienone is 2. The molecule has 0 bridgehead atoms. The Labute approximate surface area is 113 Å². The summed E-state index contributed by atoms with van der Waals surface area (Å²) < 4.78 is 0. The molecule has 0 aliphatic heterocycles. The molecule has 1 aromatic rings. The summed E-state index contributed by atoms with van der Waals surface area (Å²) in [6.45, 7) is 5.37. The first-order chi connectivity index (χ1) is 6.58. The average Bonchev–Trinajstić information content (AvgIpc) is 2.07. The van der Waals surface area contributed by atoms with E-state index in [9.17, 15) is 5.11 Å². The van der Waals surface area contributed by atoms with Crippen molar-refractivity contribution in [3.05, 3.63) is 41.7 Å². The number of nitrogens with zero attached hydrogens (tertiary/aromatic N) is 1. The van der Waals surface area contributed by atoms with Gasteiger partial charge in [-0.2, -0.15) is 0 Å². The summed E-state index contributed by atoms with van der Waals surface area (Å²) >= 11 is 0. The van der Waals surface area contributed by atoms with E-state index in [1.807, 2.05) is 38.1 Å². The third-order valence-corrected chi connectivity index (χ3v) is 1.75. The van der Waals surface area contributed by atoms with Crippen LogP contribution in [0.25, 0.3) is 0 Å². The van der Waals surface area contributed by atoms with Crippen LogP contribution in [0, 0.1) is 6.92 Å². The zero-order chi connectivity index (χ0) is 10.6. The van der Waals surface area contributed by atoms with Crippen LogP contribution >= 0.6 is 0 Å². The minimum absolute atomic E-state index is 0. The summed E-state index contributed by atoms with van der Waals surface area (Å²) in [7, 11) is 0. The van der Waals surface area contributed by atoms with Crippen molar-refractivity contribution in [2.24, 2.45) is 4.99 Å². The van der Waals surface area contributed by atoms with E-state index in [-0.39, 0.29) is 35.3 Å². The zero-order valence-electron chi connectivity index (χ0n) is 9.74. The molecule has 15 heavy (non-hydrogen) atoms. The largest absolute Gasteiger partial charge is 1.00 e. The minimum Gasteiger partial charge on any atom is -0.876 e. The van der Waals surface area contributed by atoms with Gasteiger partial charge in [0.15, 0.2) is 0 Å². The van der Waals surface area contributed by atoms with E-state index >= 15 is 0 Å². The van der Waals surface area contributed by atoms with Crippen molar-refractivity contribution in [1.82, 2.24) is 0 Å². The van der Waals surface area contributed by atoms with Crippen LogP contribution in [0.3, 0.4) is 0 Å². The van der Waals surface area contributed by atoms with Gasteiger partial charge in [-0.1, -0.05) is 30.7 Å². The zero-order valence-corrected chi connectivity index (χ0v) is 11.7. The van der Waals surface area contributed by atoms with Crippen LogP contribution in [0.5, 0.6) is 0 Å². The fourth-order valence-electron chi connectivity index (χ4n) is 1.15. The molecule has 0 atom stereocenters. The van der Waals surface area contributed by atoms with Gasteiger partial charge in [0.25, 0.3) is 0 Å². The maximum Gasteiger partial charge on any atom is 1.00 e. The average molecular weight is 211 g/mol. The Morgan fingerprint density at radius 3 is 2.20 bits per heavy atom. The summed E-state index contributed by atoms with van der Waals surface area (Å²) in [5.41, 5.74) is 2.82. The van der Waals surface area contributed by atoms with Gasteiger partial charge in [-0.25, -0.2) is 0 Å². The van der Waals surface area contributed by atoms with Crippen LogP contribution in [0.15, 0.2) is 41.1 Å². The van der Waals surface area contributed by atoms with E-state index in [4.69, 9.17) is 0 Å². The molecular weight excluding hydrogens is 197 g/mol. The molecule has 1 aromatic carbocycles. The van der Waals surface area contributed by atoms with Gasteiger partial charge in [0.2, 0.25) is 0 Å². The molecule has 0 aliphatic rings. The second-order valence-corrected chi connectivity index (χ2v) is 3.34. The van der Waals surface area contributed by atoms with Crippen molar-refractivity contribution in [2.45, 2.75) is 20.8 Å². The number of hydrogen-bond donors (Lipinski definition) is 0. The quantitative estimate of drug-likeness (QED) is 0.364. The van der Waals surface area contributed by atoms with Crippen molar-refractivity contribution >= 4 is 11.4 Å². The summed E-state index contributed by atoms with van der Waals surface area (Å²) in [5.74, 6) is 0.0263. The first-order valence-corrected chi connectivity index (χ1v) is 4.55. The molecule has 0 saturated heterocycles. The Hall–Kier alpha value is -0.570. The molecule has 0 aliphatic carbocycles. The van der Waals surface area contributed by atoms with E-state index in [0.717, 1.165) is 11.4 Å². The number of hydrogen-bond acceptors (Lipinski definition) is 2. The van der Waals surface area contributed by atoms with Gasteiger partial charge in [-0.05, 0) is 26.0 Å². The van der Waals surface area contributed by atoms with Crippen molar-refractivity contribution in [3.8, 4) is 0 Å². The van der Waals surface area contributed by atoms with Gasteiger partial charge in [0, 0.05) is 5.71 Å². The van der Waals surface area contributed by atoms with Crippen LogP contribution in [-0.2, 0) is 0 Å².